The van der Waals surface area contributed by atoms with Crippen molar-refractivity contribution in [2.24, 2.45) is 0 Å². The normalized spacial score (nSPS) is 12.3. The second-order valence-electron chi connectivity index (χ2n) is 5.01. The molecular formula is C17H22NO2+. The van der Waals surface area contributed by atoms with E-state index in [1.54, 1.807) is 18.2 Å². The van der Waals surface area contributed by atoms with Crippen LogP contribution in [0.25, 0.3) is 0 Å². The number of rotatable bonds is 6. The number of hydrogen-bond acceptors (Lipinski definition) is 2. The van der Waals surface area contributed by atoms with E-state index >= 15 is 0 Å². The van der Waals surface area contributed by atoms with Gasteiger partial charge < -0.3 is 15.5 Å². The summed E-state index contributed by atoms with van der Waals surface area (Å²) in [6.07, 6.45) is 0.497. The number of nitrogens with two attached hydrogens (primary N) is 1. The van der Waals surface area contributed by atoms with Gasteiger partial charge in [-0.15, -0.1) is 0 Å². The molecule has 3 nitrogen and oxygen atoms in total. The van der Waals surface area contributed by atoms with Gasteiger partial charge in [-0.25, -0.2) is 0 Å². The molecule has 2 rings (SSSR count). The molecule has 1 atom stereocenters. The minimum absolute atomic E-state index is 0.191. The smallest absolute Gasteiger partial charge is 0.128 e. The second-order valence-corrected chi connectivity index (χ2v) is 5.01. The third kappa shape index (κ3) is 4.08. The summed E-state index contributed by atoms with van der Waals surface area (Å²) in [4.78, 5) is 0. The third-order valence-corrected chi connectivity index (χ3v) is 3.46. The minimum Gasteiger partial charge on any atom is -0.508 e. The average Bonchev–Trinajstić information content (AvgIpc) is 2.48. The summed E-state index contributed by atoms with van der Waals surface area (Å²) in [5.74, 6) is 0.191. The summed E-state index contributed by atoms with van der Waals surface area (Å²) in [6.45, 7) is 3.58. The molecule has 0 fully saturated rings. The van der Waals surface area contributed by atoms with E-state index in [0.717, 1.165) is 18.5 Å². The molecule has 0 bridgehead atoms. The maximum absolute atomic E-state index is 10.1. The van der Waals surface area contributed by atoms with Gasteiger partial charge >= 0.3 is 0 Å². The van der Waals surface area contributed by atoms with Crippen LogP contribution in [0.2, 0.25) is 0 Å². The summed E-state index contributed by atoms with van der Waals surface area (Å²) in [7, 11) is 0. The summed E-state index contributed by atoms with van der Waals surface area (Å²) in [5.41, 5.74) is 3.35. The van der Waals surface area contributed by atoms with E-state index in [2.05, 4.69) is 36.5 Å². The van der Waals surface area contributed by atoms with Gasteiger partial charge in [-0.3, -0.25) is 0 Å². The molecule has 106 valence electrons. The van der Waals surface area contributed by atoms with Crippen molar-refractivity contribution in [2.45, 2.75) is 26.0 Å². The van der Waals surface area contributed by atoms with Gasteiger partial charge in [0.15, 0.2) is 0 Å². The maximum atomic E-state index is 10.1. The number of phenols is 1. The second kappa shape index (κ2) is 7.08. The Morgan fingerprint density at radius 1 is 1.05 bits per heavy atom. The van der Waals surface area contributed by atoms with Crippen LogP contribution in [-0.4, -0.2) is 16.8 Å². The molecular weight excluding hydrogens is 250 g/mol. The number of aryl methyl sites for hydroxylation is 1. The first-order chi connectivity index (χ1) is 9.69. The Labute approximate surface area is 119 Å². The highest BCUT2D eigenvalue weighted by Crippen LogP contribution is 2.16. The fourth-order valence-electron chi connectivity index (χ4n) is 2.19. The number of quaternary nitrogens is 1. The highest BCUT2D eigenvalue weighted by molar-refractivity contribution is 5.28. The van der Waals surface area contributed by atoms with Crippen LogP contribution < -0.4 is 5.32 Å². The van der Waals surface area contributed by atoms with Crippen molar-refractivity contribution in [2.75, 3.05) is 6.54 Å². The van der Waals surface area contributed by atoms with Crippen LogP contribution in [-0.2, 0) is 13.0 Å². The van der Waals surface area contributed by atoms with Crippen molar-refractivity contribution in [3.63, 3.8) is 0 Å². The summed E-state index contributed by atoms with van der Waals surface area (Å²) in [5, 5.41) is 21.5. The molecule has 0 aliphatic carbocycles. The largest absolute Gasteiger partial charge is 0.508 e. The molecule has 0 aliphatic rings. The average molecular weight is 272 g/mol. The molecule has 0 aromatic heterocycles. The fourth-order valence-corrected chi connectivity index (χ4v) is 2.19. The maximum Gasteiger partial charge on any atom is 0.128 e. The van der Waals surface area contributed by atoms with Crippen LogP contribution in [0.1, 0.15) is 29.7 Å². The van der Waals surface area contributed by atoms with Crippen molar-refractivity contribution < 1.29 is 15.5 Å². The van der Waals surface area contributed by atoms with Gasteiger partial charge in [0, 0.05) is 5.56 Å². The van der Waals surface area contributed by atoms with Crippen LogP contribution in [0, 0.1) is 0 Å². The molecule has 20 heavy (non-hydrogen) atoms. The summed E-state index contributed by atoms with van der Waals surface area (Å²) in [6, 6.07) is 15.4. The topological polar surface area (TPSA) is 57.1 Å². The highest BCUT2D eigenvalue weighted by atomic mass is 16.3. The Balaban J connectivity index is 1.82. The Hall–Kier alpha value is -1.84. The van der Waals surface area contributed by atoms with E-state index < -0.39 is 6.10 Å². The SMILES string of the molecule is CCc1ccc(C[NH2+]C[C@H](O)c2cccc(O)c2)cc1. The van der Waals surface area contributed by atoms with Crippen LogP contribution in [0.15, 0.2) is 48.5 Å². The first kappa shape index (κ1) is 14.6. The summed E-state index contributed by atoms with van der Waals surface area (Å²) >= 11 is 0. The van der Waals surface area contributed by atoms with Crippen molar-refractivity contribution in [1.29, 1.82) is 0 Å². The molecule has 0 radical (unpaired) electrons. The van der Waals surface area contributed by atoms with Crippen LogP contribution in [0.5, 0.6) is 5.75 Å². The molecule has 0 heterocycles. The first-order valence-electron chi connectivity index (χ1n) is 7.05. The van der Waals surface area contributed by atoms with Crippen LogP contribution in [0.3, 0.4) is 0 Å². The van der Waals surface area contributed by atoms with Gasteiger partial charge in [0.1, 0.15) is 24.9 Å². The zero-order valence-corrected chi connectivity index (χ0v) is 11.8. The molecule has 3 heteroatoms. The van der Waals surface area contributed by atoms with Crippen LogP contribution in [0.4, 0.5) is 0 Å². The molecule has 2 aromatic rings. The van der Waals surface area contributed by atoms with Gasteiger partial charge in [-0.05, 0) is 29.7 Å². The molecule has 0 saturated carbocycles. The van der Waals surface area contributed by atoms with E-state index in [1.165, 1.54) is 11.1 Å². The van der Waals surface area contributed by atoms with Crippen molar-refractivity contribution in [3.8, 4) is 5.75 Å². The Morgan fingerprint density at radius 2 is 1.75 bits per heavy atom. The first-order valence-corrected chi connectivity index (χ1v) is 7.05. The Kier molecular flexibility index (Phi) is 5.16. The molecule has 0 unspecified atom stereocenters. The molecule has 4 N–H and O–H groups in total. The van der Waals surface area contributed by atoms with E-state index in [9.17, 15) is 10.2 Å². The van der Waals surface area contributed by atoms with E-state index in [-0.39, 0.29) is 5.75 Å². The standard InChI is InChI=1S/C17H21NO2/c1-2-13-6-8-14(9-7-13)11-18-12-17(20)15-4-3-5-16(19)10-15/h3-10,17-20H,2,11-12H2,1H3/p+1/t17-/m0/s1. The molecule has 0 aliphatic heterocycles. The van der Waals surface area contributed by atoms with Crippen molar-refractivity contribution in [1.82, 2.24) is 0 Å². The lowest BCUT2D eigenvalue weighted by molar-refractivity contribution is -0.677. The third-order valence-electron chi connectivity index (χ3n) is 3.46. The lowest BCUT2D eigenvalue weighted by atomic mass is 10.1. The number of phenolic OH excluding ortho intramolecular Hbond substituents is 1. The number of aromatic hydroxyl groups is 1. The number of aliphatic hydroxyl groups excluding tert-OH is 1. The van der Waals surface area contributed by atoms with E-state index in [4.69, 9.17) is 0 Å². The number of aliphatic hydroxyl groups is 1. The lowest BCUT2D eigenvalue weighted by Crippen LogP contribution is -2.83. The number of benzene rings is 2. The van der Waals surface area contributed by atoms with Crippen molar-refractivity contribution in [3.05, 3.63) is 65.2 Å². The highest BCUT2D eigenvalue weighted by Gasteiger charge is 2.09. The lowest BCUT2D eigenvalue weighted by Gasteiger charge is -2.10. The zero-order valence-electron chi connectivity index (χ0n) is 11.8. The predicted molar refractivity (Wildman–Crippen MR) is 79.4 cm³/mol. The molecule has 0 saturated heterocycles. The fraction of sp³-hybridized carbons (Fsp3) is 0.294. The van der Waals surface area contributed by atoms with Gasteiger partial charge in [0.2, 0.25) is 0 Å². The van der Waals surface area contributed by atoms with Crippen molar-refractivity contribution >= 4 is 0 Å². The number of hydrogen-bond donors (Lipinski definition) is 3. The molecule has 0 spiro atoms. The van der Waals surface area contributed by atoms with Gasteiger partial charge in [0.25, 0.3) is 0 Å². The van der Waals surface area contributed by atoms with Gasteiger partial charge in [0.05, 0.1) is 0 Å². The van der Waals surface area contributed by atoms with Crippen LogP contribution >= 0.6 is 0 Å². The summed E-state index contributed by atoms with van der Waals surface area (Å²) < 4.78 is 0. The monoisotopic (exact) mass is 272 g/mol. The molecule has 0 amide bonds. The zero-order chi connectivity index (χ0) is 14.4. The Morgan fingerprint density at radius 3 is 2.40 bits per heavy atom. The van der Waals surface area contributed by atoms with E-state index in [0.29, 0.717) is 6.54 Å². The predicted octanol–water partition coefficient (Wildman–Crippen LogP) is 1.75. The quantitative estimate of drug-likeness (QED) is 0.750. The van der Waals surface area contributed by atoms with Gasteiger partial charge in [-0.1, -0.05) is 43.3 Å². The van der Waals surface area contributed by atoms with E-state index in [1.807, 2.05) is 6.07 Å². The molecule has 2 aromatic carbocycles. The Bertz CT molecular complexity index is 537. The minimum atomic E-state index is -0.558. The van der Waals surface area contributed by atoms with Gasteiger partial charge in [-0.2, -0.15) is 0 Å².